The number of pyridine rings is 1. The Morgan fingerprint density at radius 2 is 2.11 bits per heavy atom. The van der Waals surface area contributed by atoms with Gasteiger partial charge < -0.3 is 19.3 Å². The Morgan fingerprint density at radius 1 is 1.32 bits per heavy atom. The van der Waals surface area contributed by atoms with Crippen molar-refractivity contribution in [3.8, 4) is 5.88 Å². The quantitative estimate of drug-likeness (QED) is 0.699. The first kappa shape index (κ1) is 15.7. The zero-order valence-corrected chi connectivity index (χ0v) is 11.4. The molecule has 106 valence electrons. The summed E-state index contributed by atoms with van der Waals surface area (Å²) in [6.07, 6.45) is 0.677. The minimum atomic E-state index is -1.18. The third kappa shape index (κ3) is 5.87. The number of hydrogen-bond acceptors (Lipinski definition) is 5. The first-order valence-corrected chi connectivity index (χ1v) is 6.12. The van der Waals surface area contributed by atoms with E-state index in [1.54, 1.807) is 7.11 Å². The summed E-state index contributed by atoms with van der Waals surface area (Å²) in [7, 11) is 1.61. The van der Waals surface area contributed by atoms with E-state index in [1.807, 2.05) is 0 Å². The van der Waals surface area contributed by atoms with E-state index in [1.165, 1.54) is 12.1 Å². The monoisotopic (exact) mass is 289 g/mol. The number of ether oxygens (including phenoxy) is 3. The molecule has 1 aromatic heterocycles. The molecule has 0 fully saturated rings. The lowest BCUT2D eigenvalue weighted by Crippen LogP contribution is -2.08. The van der Waals surface area contributed by atoms with Gasteiger partial charge in [-0.1, -0.05) is 11.6 Å². The molecule has 1 N–H and O–H groups in total. The van der Waals surface area contributed by atoms with Crippen molar-refractivity contribution in [3.63, 3.8) is 0 Å². The van der Waals surface area contributed by atoms with Crippen LogP contribution in [0, 0.1) is 0 Å². The van der Waals surface area contributed by atoms with Crippen LogP contribution in [0.3, 0.4) is 0 Å². The number of carboxylic acids is 1. The van der Waals surface area contributed by atoms with Gasteiger partial charge in [0.2, 0.25) is 5.88 Å². The summed E-state index contributed by atoms with van der Waals surface area (Å²) in [5, 5.41) is 8.93. The molecule has 0 aliphatic heterocycles. The van der Waals surface area contributed by atoms with Crippen LogP contribution in [0.15, 0.2) is 12.1 Å². The molecular weight excluding hydrogens is 274 g/mol. The Kier molecular flexibility index (Phi) is 7.17. The van der Waals surface area contributed by atoms with E-state index in [2.05, 4.69) is 4.98 Å². The third-order valence-electron chi connectivity index (χ3n) is 2.14. The molecule has 0 unspecified atom stereocenters. The summed E-state index contributed by atoms with van der Waals surface area (Å²) in [6, 6.07) is 2.98. The van der Waals surface area contributed by atoms with Crippen LogP contribution in [0.2, 0.25) is 5.02 Å². The van der Waals surface area contributed by atoms with Gasteiger partial charge in [0.25, 0.3) is 0 Å². The van der Waals surface area contributed by atoms with Gasteiger partial charge in [0.1, 0.15) is 0 Å². The van der Waals surface area contributed by atoms with E-state index in [-0.39, 0.29) is 16.6 Å². The Balaban J connectivity index is 2.30. The second-order valence-corrected chi connectivity index (χ2v) is 4.00. The van der Waals surface area contributed by atoms with Gasteiger partial charge in [0, 0.05) is 26.2 Å². The van der Waals surface area contributed by atoms with Crippen molar-refractivity contribution >= 4 is 17.6 Å². The molecule has 0 spiro atoms. The summed E-state index contributed by atoms with van der Waals surface area (Å²) >= 11 is 5.69. The van der Waals surface area contributed by atoms with Gasteiger partial charge in [0.05, 0.1) is 24.8 Å². The van der Waals surface area contributed by atoms with Crippen LogP contribution in [0.25, 0.3) is 0 Å². The minimum absolute atomic E-state index is 0.0859. The lowest BCUT2D eigenvalue weighted by Gasteiger charge is -2.07. The highest BCUT2D eigenvalue weighted by atomic mass is 35.5. The first-order chi connectivity index (χ1) is 9.15. The molecule has 0 aromatic carbocycles. The van der Waals surface area contributed by atoms with Gasteiger partial charge in [-0.15, -0.1) is 0 Å². The summed E-state index contributed by atoms with van der Waals surface area (Å²) in [5.74, 6) is -0.947. The van der Waals surface area contributed by atoms with Crippen molar-refractivity contribution in [1.29, 1.82) is 0 Å². The van der Waals surface area contributed by atoms with E-state index >= 15 is 0 Å². The van der Waals surface area contributed by atoms with Crippen LogP contribution >= 0.6 is 11.6 Å². The number of rotatable bonds is 9. The number of aromatic nitrogens is 1. The van der Waals surface area contributed by atoms with Crippen molar-refractivity contribution in [3.05, 3.63) is 22.8 Å². The van der Waals surface area contributed by atoms with Crippen molar-refractivity contribution in [1.82, 2.24) is 4.98 Å². The zero-order chi connectivity index (χ0) is 14.1. The summed E-state index contributed by atoms with van der Waals surface area (Å²) in [6.45, 7) is 2.03. The van der Waals surface area contributed by atoms with Gasteiger partial charge in [0.15, 0.2) is 5.69 Å². The number of nitrogens with zero attached hydrogens (tertiary/aromatic N) is 1. The average Bonchev–Trinajstić information content (AvgIpc) is 2.39. The smallest absolute Gasteiger partial charge is 0.356 e. The molecule has 0 saturated heterocycles. The number of hydrogen-bond donors (Lipinski definition) is 1. The molecule has 0 amide bonds. The molecule has 0 radical (unpaired) electrons. The maximum atomic E-state index is 10.8. The highest BCUT2D eigenvalue weighted by Crippen LogP contribution is 2.18. The van der Waals surface area contributed by atoms with Crippen molar-refractivity contribution in [2.24, 2.45) is 0 Å². The molecule has 1 aromatic rings. The normalized spacial score (nSPS) is 10.4. The third-order valence-corrected chi connectivity index (χ3v) is 2.44. The standard InChI is InChI=1S/C12H16ClNO5/c1-17-7-8-18-5-2-6-19-10-4-3-9(13)11(14-10)12(15)16/h3-4H,2,5-8H2,1H3,(H,15,16). The van der Waals surface area contributed by atoms with Gasteiger partial charge in [-0.05, 0) is 6.07 Å². The Hall–Kier alpha value is -1.37. The molecule has 6 nitrogen and oxygen atoms in total. The van der Waals surface area contributed by atoms with E-state index < -0.39 is 5.97 Å². The highest BCUT2D eigenvalue weighted by molar-refractivity contribution is 6.33. The van der Waals surface area contributed by atoms with E-state index in [9.17, 15) is 4.79 Å². The zero-order valence-electron chi connectivity index (χ0n) is 10.6. The Morgan fingerprint density at radius 3 is 2.79 bits per heavy atom. The number of carboxylic acid groups (broad SMARTS) is 1. The molecule has 0 aliphatic carbocycles. The number of aromatic carboxylic acids is 1. The van der Waals surface area contributed by atoms with E-state index in [4.69, 9.17) is 30.9 Å². The van der Waals surface area contributed by atoms with Crippen LogP contribution in [0.4, 0.5) is 0 Å². The molecule has 19 heavy (non-hydrogen) atoms. The Bertz CT molecular complexity index is 413. The minimum Gasteiger partial charge on any atom is -0.478 e. The first-order valence-electron chi connectivity index (χ1n) is 5.74. The maximum absolute atomic E-state index is 10.8. The fraction of sp³-hybridized carbons (Fsp3) is 0.500. The summed E-state index contributed by atoms with van der Waals surface area (Å²) < 4.78 is 15.4. The predicted molar refractivity (Wildman–Crippen MR) is 69.0 cm³/mol. The fourth-order valence-electron chi connectivity index (χ4n) is 1.24. The van der Waals surface area contributed by atoms with Crippen LogP contribution in [-0.2, 0) is 9.47 Å². The van der Waals surface area contributed by atoms with Crippen LogP contribution < -0.4 is 4.74 Å². The molecule has 1 heterocycles. The topological polar surface area (TPSA) is 77.9 Å². The second kappa shape index (κ2) is 8.68. The lowest BCUT2D eigenvalue weighted by atomic mass is 10.3. The second-order valence-electron chi connectivity index (χ2n) is 3.59. The lowest BCUT2D eigenvalue weighted by molar-refractivity contribution is 0.0639. The molecular formula is C12H16ClNO5. The van der Waals surface area contributed by atoms with Gasteiger partial charge in [-0.2, -0.15) is 0 Å². The van der Waals surface area contributed by atoms with Crippen molar-refractivity contribution in [2.75, 3.05) is 33.5 Å². The van der Waals surface area contributed by atoms with Crippen LogP contribution in [0.1, 0.15) is 16.9 Å². The largest absolute Gasteiger partial charge is 0.478 e. The SMILES string of the molecule is COCCOCCCOc1ccc(Cl)c(C(=O)O)n1. The van der Waals surface area contributed by atoms with Gasteiger partial charge in [-0.25, -0.2) is 9.78 Å². The molecule has 0 bridgehead atoms. The molecule has 0 aliphatic rings. The molecule has 7 heteroatoms. The van der Waals surface area contributed by atoms with Crippen LogP contribution in [0.5, 0.6) is 5.88 Å². The maximum Gasteiger partial charge on any atom is 0.356 e. The van der Waals surface area contributed by atoms with Gasteiger partial charge >= 0.3 is 5.97 Å². The number of halogens is 1. The van der Waals surface area contributed by atoms with E-state index in [0.29, 0.717) is 32.8 Å². The molecule has 0 saturated carbocycles. The van der Waals surface area contributed by atoms with Gasteiger partial charge in [-0.3, -0.25) is 0 Å². The van der Waals surface area contributed by atoms with Crippen molar-refractivity contribution in [2.45, 2.75) is 6.42 Å². The Labute approximate surface area is 116 Å². The highest BCUT2D eigenvalue weighted by Gasteiger charge is 2.11. The predicted octanol–water partition coefficient (Wildman–Crippen LogP) is 1.87. The van der Waals surface area contributed by atoms with Crippen molar-refractivity contribution < 1.29 is 24.1 Å². The fourth-order valence-corrected chi connectivity index (χ4v) is 1.42. The van der Waals surface area contributed by atoms with E-state index in [0.717, 1.165) is 0 Å². The van der Waals surface area contributed by atoms with Crippen LogP contribution in [-0.4, -0.2) is 49.6 Å². The average molecular weight is 290 g/mol. The number of methoxy groups -OCH3 is 1. The summed E-state index contributed by atoms with van der Waals surface area (Å²) in [4.78, 5) is 14.6. The number of carbonyl (C=O) groups is 1. The summed E-state index contributed by atoms with van der Waals surface area (Å²) in [5.41, 5.74) is -0.212. The molecule has 0 atom stereocenters. The molecule has 1 rings (SSSR count).